The minimum absolute atomic E-state index is 0.935. The van der Waals surface area contributed by atoms with E-state index in [2.05, 4.69) is 13.8 Å². The Kier molecular flexibility index (Phi) is 14.3. The second-order valence-corrected chi connectivity index (χ2v) is 3.64. The Morgan fingerprint density at radius 2 is 1.15 bits per heavy atom. The van der Waals surface area contributed by atoms with E-state index < -0.39 is 0 Å². The highest BCUT2D eigenvalue weighted by molar-refractivity contribution is 4.67. The van der Waals surface area contributed by atoms with Crippen molar-refractivity contribution in [1.82, 2.24) is 0 Å². The van der Waals surface area contributed by atoms with Crippen LogP contribution in [0.3, 0.4) is 0 Å². The Morgan fingerprint density at radius 3 is 1.38 bits per heavy atom. The first-order valence-electron chi connectivity index (χ1n) is 6.30. The van der Waals surface area contributed by atoms with Gasteiger partial charge in [-0.05, 0) is 11.8 Å². The Labute approximate surface area is 86.1 Å². The predicted molar refractivity (Wildman–Crippen MR) is 64.1 cm³/mol. The quantitative estimate of drug-likeness (QED) is 0.523. The summed E-state index contributed by atoms with van der Waals surface area (Å²) < 4.78 is 0. The fraction of sp³-hybridized carbons (Fsp3) is 1.00. The van der Waals surface area contributed by atoms with Gasteiger partial charge in [-0.3, -0.25) is 0 Å². The molecule has 0 atom stereocenters. The van der Waals surface area contributed by atoms with Crippen molar-refractivity contribution >= 4 is 0 Å². The van der Waals surface area contributed by atoms with Crippen LogP contribution in [0.25, 0.3) is 0 Å². The van der Waals surface area contributed by atoms with Crippen molar-refractivity contribution in [3.63, 3.8) is 0 Å². The Hall–Kier alpha value is 0. The Balaban J connectivity index is 0. The molecule has 1 fully saturated rings. The highest BCUT2D eigenvalue weighted by Gasteiger charge is 2.15. The minimum Gasteiger partial charge on any atom is -0.0683 e. The van der Waals surface area contributed by atoms with Crippen LogP contribution in [0, 0.1) is 11.8 Å². The summed E-state index contributed by atoms with van der Waals surface area (Å²) in [5.41, 5.74) is 0. The molecule has 1 rings (SSSR count). The summed E-state index contributed by atoms with van der Waals surface area (Å²) in [6.07, 6.45) is 7.46. The SMILES string of the molecule is CC.CC.CC(C)C1CCCCC1. The van der Waals surface area contributed by atoms with Crippen molar-refractivity contribution in [3.8, 4) is 0 Å². The number of rotatable bonds is 1. The van der Waals surface area contributed by atoms with Crippen LogP contribution in [-0.4, -0.2) is 0 Å². The molecule has 0 amide bonds. The molecule has 0 aliphatic heterocycles. The van der Waals surface area contributed by atoms with Crippen LogP contribution in [0.4, 0.5) is 0 Å². The first kappa shape index (κ1) is 15.5. The van der Waals surface area contributed by atoms with Crippen LogP contribution in [-0.2, 0) is 0 Å². The van der Waals surface area contributed by atoms with Crippen molar-refractivity contribution in [1.29, 1.82) is 0 Å². The molecule has 1 aliphatic carbocycles. The molecule has 0 bridgehead atoms. The van der Waals surface area contributed by atoms with E-state index in [1.165, 1.54) is 32.1 Å². The Morgan fingerprint density at radius 1 is 0.769 bits per heavy atom. The molecule has 1 saturated carbocycles. The number of hydrogen-bond acceptors (Lipinski definition) is 0. The average Bonchev–Trinajstić information content (AvgIpc) is 2.25. The van der Waals surface area contributed by atoms with E-state index in [0.717, 1.165) is 11.8 Å². The molecule has 0 heteroatoms. The summed E-state index contributed by atoms with van der Waals surface area (Å²) in [5.74, 6) is 1.99. The van der Waals surface area contributed by atoms with Crippen molar-refractivity contribution in [2.75, 3.05) is 0 Å². The van der Waals surface area contributed by atoms with Crippen molar-refractivity contribution < 1.29 is 0 Å². The van der Waals surface area contributed by atoms with Crippen LogP contribution < -0.4 is 0 Å². The summed E-state index contributed by atoms with van der Waals surface area (Å²) in [4.78, 5) is 0. The average molecular weight is 186 g/mol. The van der Waals surface area contributed by atoms with Crippen LogP contribution >= 0.6 is 0 Å². The van der Waals surface area contributed by atoms with Gasteiger partial charge in [0, 0.05) is 0 Å². The molecule has 0 radical (unpaired) electrons. The monoisotopic (exact) mass is 186 g/mol. The number of hydrogen-bond donors (Lipinski definition) is 0. The molecule has 0 nitrogen and oxygen atoms in total. The lowest BCUT2D eigenvalue weighted by Crippen LogP contribution is -2.12. The molecule has 13 heavy (non-hydrogen) atoms. The maximum Gasteiger partial charge on any atom is -0.0391 e. The van der Waals surface area contributed by atoms with Crippen LogP contribution in [0.5, 0.6) is 0 Å². The van der Waals surface area contributed by atoms with Gasteiger partial charge in [0.2, 0.25) is 0 Å². The molecule has 0 aromatic carbocycles. The summed E-state index contributed by atoms with van der Waals surface area (Å²) in [6.45, 7) is 12.7. The first-order valence-corrected chi connectivity index (χ1v) is 6.30. The van der Waals surface area contributed by atoms with Gasteiger partial charge < -0.3 is 0 Å². The molecule has 1 aliphatic rings. The Bertz CT molecular complexity index is 68.1. The second kappa shape index (κ2) is 12.0. The maximum absolute atomic E-state index is 2.36. The summed E-state index contributed by atoms with van der Waals surface area (Å²) in [7, 11) is 0. The van der Waals surface area contributed by atoms with E-state index in [-0.39, 0.29) is 0 Å². The fourth-order valence-electron chi connectivity index (χ4n) is 1.80. The third-order valence-corrected chi connectivity index (χ3v) is 2.59. The van der Waals surface area contributed by atoms with Gasteiger partial charge in [0.15, 0.2) is 0 Å². The summed E-state index contributed by atoms with van der Waals surface area (Å²) in [5, 5.41) is 0. The lowest BCUT2D eigenvalue weighted by molar-refractivity contribution is 0.279. The molecule has 0 saturated heterocycles. The molecular weight excluding hydrogens is 156 g/mol. The van der Waals surface area contributed by atoms with E-state index in [9.17, 15) is 0 Å². The van der Waals surface area contributed by atoms with Crippen LogP contribution in [0.15, 0.2) is 0 Å². The highest BCUT2D eigenvalue weighted by Crippen LogP contribution is 2.29. The zero-order chi connectivity index (χ0) is 10.7. The summed E-state index contributed by atoms with van der Waals surface area (Å²) in [6, 6.07) is 0. The fourth-order valence-corrected chi connectivity index (χ4v) is 1.80. The molecule has 0 unspecified atom stereocenters. The van der Waals surface area contributed by atoms with Crippen LogP contribution in [0.2, 0.25) is 0 Å². The van der Waals surface area contributed by atoms with E-state index in [1.54, 1.807) is 0 Å². The van der Waals surface area contributed by atoms with Gasteiger partial charge in [-0.1, -0.05) is 73.6 Å². The first-order chi connectivity index (χ1) is 6.30. The largest absolute Gasteiger partial charge is 0.0683 e. The smallest absolute Gasteiger partial charge is 0.0391 e. The molecule has 0 spiro atoms. The van der Waals surface area contributed by atoms with Crippen molar-refractivity contribution in [2.45, 2.75) is 73.6 Å². The normalized spacial score (nSPS) is 16.8. The maximum atomic E-state index is 2.36. The molecule has 82 valence electrons. The van der Waals surface area contributed by atoms with Gasteiger partial charge in [-0.2, -0.15) is 0 Å². The zero-order valence-corrected chi connectivity index (χ0v) is 10.7. The van der Waals surface area contributed by atoms with Crippen molar-refractivity contribution in [3.05, 3.63) is 0 Å². The molecule has 0 N–H and O–H groups in total. The van der Waals surface area contributed by atoms with E-state index in [4.69, 9.17) is 0 Å². The standard InChI is InChI=1S/C9H18.2C2H6/c1-8(2)9-6-4-3-5-7-9;2*1-2/h8-9H,3-7H2,1-2H3;2*1-2H3. The zero-order valence-electron chi connectivity index (χ0n) is 10.7. The molecule has 0 aromatic heterocycles. The molecule has 0 heterocycles. The van der Waals surface area contributed by atoms with Gasteiger partial charge in [0.25, 0.3) is 0 Å². The van der Waals surface area contributed by atoms with E-state index >= 15 is 0 Å². The van der Waals surface area contributed by atoms with Gasteiger partial charge in [0.05, 0.1) is 0 Å². The molecular formula is C13H30. The van der Waals surface area contributed by atoms with Gasteiger partial charge >= 0.3 is 0 Å². The van der Waals surface area contributed by atoms with Crippen LogP contribution in [0.1, 0.15) is 73.6 Å². The summed E-state index contributed by atoms with van der Waals surface area (Å²) >= 11 is 0. The van der Waals surface area contributed by atoms with Crippen molar-refractivity contribution in [2.24, 2.45) is 11.8 Å². The second-order valence-electron chi connectivity index (χ2n) is 3.64. The molecule has 0 aromatic rings. The minimum atomic E-state index is 0.935. The van der Waals surface area contributed by atoms with Gasteiger partial charge in [-0.15, -0.1) is 0 Å². The van der Waals surface area contributed by atoms with E-state index in [0.29, 0.717) is 0 Å². The lowest BCUT2D eigenvalue weighted by Gasteiger charge is -2.24. The lowest BCUT2D eigenvalue weighted by atomic mass is 9.82. The third kappa shape index (κ3) is 8.33. The van der Waals surface area contributed by atoms with E-state index in [1.807, 2.05) is 27.7 Å². The topological polar surface area (TPSA) is 0 Å². The van der Waals surface area contributed by atoms with Gasteiger partial charge in [0.1, 0.15) is 0 Å². The predicted octanol–water partition coefficient (Wildman–Crippen LogP) is 5.28. The van der Waals surface area contributed by atoms with Gasteiger partial charge in [-0.25, -0.2) is 0 Å². The third-order valence-electron chi connectivity index (χ3n) is 2.59. The highest BCUT2D eigenvalue weighted by atomic mass is 14.2.